The van der Waals surface area contributed by atoms with Crippen LogP contribution in [0.4, 0.5) is 15.8 Å². The number of pyridine rings is 1. The number of anilines is 2. The second kappa shape index (κ2) is 8.62. The standard InChI is InChI=1S/C20H23FN4O2/c1-14-4-5-16(11-18(14)21)24-20(27)19(26)23-12-15-6-9-25(10-7-15)17-3-2-8-22-13-17/h2-5,8,11,13,15H,6-7,9-10,12H2,1H3,(H,23,26)(H,24,27). The second-order valence-electron chi connectivity index (χ2n) is 6.77. The van der Waals surface area contributed by atoms with Crippen LogP contribution in [-0.4, -0.2) is 36.4 Å². The number of amides is 2. The van der Waals surface area contributed by atoms with E-state index in [1.54, 1.807) is 25.3 Å². The van der Waals surface area contributed by atoms with Crippen molar-refractivity contribution in [2.75, 3.05) is 29.9 Å². The fraction of sp³-hybridized carbons (Fsp3) is 0.350. The van der Waals surface area contributed by atoms with Crippen LogP contribution in [0.5, 0.6) is 0 Å². The predicted octanol–water partition coefficient (Wildman–Crippen LogP) is 2.50. The minimum Gasteiger partial charge on any atom is -0.370 e. The van der Waals surface area contributed by atoms with Gasteiger partial charge < -0.3 is 15.5 Å². The number of nitrogens with one attached hydrogen (secondary N) is 2. The van der Waals surface area contributed by atoms with Crippen LogP contribution in [0.2, 0.25) is 0 Å². The zero-order valence-corrected chi connectivity index (χ0v) is 15.2. The lowest BCUT2D eigenvalue weighted by Gasteiger charge is -2.33. The molecule has 0 unspecified atom stereocenters. The Morgan fingerprint density at radius 3 is 2.67 bits per heavy atom. The van der Waals surface area contributed by atoms with Crippen molar-refractivity contribution in [3.8, 4) is 0 Å². The van der Waals surface area contributed by atoms with E-state index in [2.05, 4.69) is 20.5 Å². The molecule has 0 saturated carbocycles. The lowest BCUT2D eigenvalue weighted by atomic mass is 9.96. The highest BCUT2D eigenvalue weighted by Gasteiger charge is 2.21. The summed E-state index contributed by atoms with van der Waals surface area (Å²) in [6.45, 7) is 3.87. The van der Waals surface area contributed by atoms with E-state index in [-0.39, 0.29) is 5.69 Å². The Balaban J connectivity index is 1.42. The molecule has 0 atom stereocenters. The van der Waals surface area contributed by atoms with E-state index >= 15 is 0 Å². The van der Waals surface area contributed by atoms with E-state index in [1.165, 1.54) is 6.07 Å². The molecule has 0 radical (unpaired) electrons. The molecular formula is C20H23FN4O2. The van der Waals surface area contributed by atoms with Gasteiger partial charge in [-0.25, -0.2) is 4.39 Å². The topological polar surface area (TPSA) is 74.3 Å². The number of piperidine rings is 1. The van der Waals surface area contributed by atoms with Gasteiger partial charge in [-0.1, -0.05) is 6.07 Å². The average molecular weight is 370 g/mol. The Bertz CT molecular complexity index is 805. The molecule has 142 valence electrons. The van der Waals surface area contributed by atoms with Crippen LogP contribution in [0.25, 0.3) is 0 Å². The summed E-state index contributed by atoms with van der Waals surface area (Å²) >= 11 is 0. The molecule has 0 aliphatic carbocycles. The van der Waals surface area contributed by atoms with E-state index < -0.39 is 17.6 Å². The van der Waals surface area contributed by atoms with Crippen molar-refractivity contribution in [2.24, 2.45) is 5.92 Å². The number of rotatable bonds is 4. The number of nitrogens with zero attached hydrogens (tertiary/aromatic N) is 2. The van der Waals surface area contributed by atoms with E-state index in [1.807, 2.05) is 18.3 Å². The van der Waals surface area contributed by atoms with Crippen LogP contribution in [0.1, 0.15) is 18.4 Å². The second-order valence-corrected chi connectivity index (χ2v) is 6.77. The van der Waals surface area contributed by atoms with Crippen molar-refractivity contribution < 1.29 is 14.0 Å². The predicted molar refractivity (Wildman–Crippen MR) is 102 cm³/mol. The highest BCUT2D eigenvalue weighted by atomic mass is 19.1. The van der Waals surface area contributed by atoms with Gasteiger partial charge in [0.15, 0.2) is 0 Å². The van der Waals surface area contributed by atoms with Gasteiger partial charge in [-0.05, 0) is 55.5 Å². The fourth-order valence-electron chi connectivity index (χ4n) is 3.11. The first kappa shape index (κ1) is 18.8. The molecule has 1 saturated heterocycles. The van der Waals surface area contributed by atoms with Crippen molar-refractivity contribution in [3.63, 3.8) is 0 Å². The molecule has 1 fully saturated rings. The molecule has 0 spiro atoms. The van der Waals surface area contributed by atoms with Gasteiger partial charge in [-0.2, -0.15) is 0 Å². The lowest BCUT2D eigenvalue weighted by Crippen LogP contribution is -2.41. The minimum atomic E-state index is -0.786. The van der Waals surface area contributed by atoms with E-state index in [0.29, 0.717) is 18.0 Å². The summed E-state index contributed by atoms with van der Waals surface area (Å²) in [5.74, 6) is -1.59. The molecule has 0 bridgehead atoms. The average Bonchev–Trinajstić information content (AvgIpc) is 2.70. The SMILES string of the molecule is Cc1ccc(NC(=O)C(=O)NCC2CCN(c3cccnc3)CC2)cc1F. The summed E-state index contributed by atoms with van der Waals surface area (Å²) < 4.78 is 13.5. The Hall–Kier alpha value is -2.96. The molecule has 2 N–H and O–H groups in total. The molecule has 1 aliphatic heterocycles. The van der Waals surface area contributed by atoms with Gasteiger partial charge in [-0.3, -0.25) is 14.6 Å². The molecular weight excluding hydrogens is 347 g/mol. The van der Waals surface area contributed by atoms with Crippen LogP contribution >= 0.6 is 0 Å². The Morgan fingerprint density at radius 2 is 2.00 bits per heavy atom. The normalized spacial score (nSPS) is 14.7. The number of halogens is 1. The number of hydrogen-bond donors (Lipinski definition) is 2. The molecule has 2 amide bonds. The lowest BCUT2D eigenvalue weighted by molar-refractivity contribution is -0.136. The van der Waals surface area contributed by atoms with Gasteiger partial charge in [0, 0.05) is 31.5 Å². The number of aromatic nitrogens is 1. The third kappa shape index (κ3) is 5.03. The van der Waals surface area contributed by atoms with Gasteiger partial charge in [0.25, 0.3) is 0 Å². The van der Waals surface area contributed by atoms with Gasteiger partial charge >= 0.3 is 11.8 Å². The third-order valence-corrected chi connectivity index (χ3v) is 4.81. The number of carbonyl (C=O) groups excluding carboxylic acids is 2. The molecule has 3 rings (SSSR count). The summed E-state index contributed by atoms with van der Waals surface area (Å²) in [4.78, 5) is 30.4. The van der Waals surface area contributed by atoms with Crippen LogP contribution in [0.15, 0.2) is 42.7 Å². The van der Waals surface area contributed by atoms with Crippen molar-refractivity contribution in [1.82, 2.24) is 10.3 Å². The molecule has 2 aromatic rings. The zero-order chi connectivity index (χ0) is 19.2. The highest BCUT2D eigenvalue weighted by molar-refractivity contribution is 6.39. The maximum atomic E-state index is 13.5. The van der Waals surface area contributed by atoms with Crippen molar-refractivity contribution in [3.05, 3.63) is 54.1 Å². The van der Waals surface area contributed by atoms with E-state index in [0.717, 1.165) is 31.6 Å². The van der Waals surface area contributed by atoms with Crippen LogP contribution in [0, 0.1) is 18.7 Å². The van der Waals surface area contributed by atoms with E-state index in [9.17, 15) is 14.0 Å². The quantitative estimate of drug-likeness (QED) is 0.811. The number of benzene rings is 1. The maximum Gasteiger partial charge on any atom is 0.313 e. The molecule has 1 aromatic carbocycles. The molecule has 7 heteroatoms. The van der Waals surface area contributed by atoms with Gasteiger partial charge in [0.2, 0.25) is 0 Å². The molecule has 1 aliphatic rings. The first-order chi connectivity index (χ1) is 13.0. The maximum absolute atomic E-state index is 13.5. The molecule has 1 aromatic heterocycles. The molecule has 27 heavy (non-hydrogen) atoms. The zero-order valence-electron chi connectivity index (χ0n) is 15.2. The third-order valence-electron chi connectivity index (χ3n) is 4.81. The Kier molecular flexibility index (Phi) is 6.01. The summed E-state index contributed by atoms with van der Waals surface area (Å²) in [7, 11) is 0. The van der Waals surface area contributed by atoms with Crippen molar-refractivity contribution >= 4 is 23.2 Å². The Labute approximate surface area is 157 Å². The smallest absolute Gasteiger partial charge is 0.313 e. The largest absolute Gasteiger partial charge is 0.370 e. The molecule has 2 heterocycles. The van der Waals surface area contributed by atoms with Crippen LogP contribution < -0.4 is 15.5 Å². The fourth-order valence-corrected chi connectivity index (χ4v) is 3.11. The van der Waals surface area contributed by atoms with E-state index in [4.69, 9.17) is 0 Å². The van der Waals surface area contributed by atoms with Gasteiger partial charge in [0.05, 0.1) is 11.9 Å². The van der Waals surface area contributed by atoms with Gasteiger partial charge in [-0.15, -0.1) is 0 Å². The number of aryl methyl sites for hydroxylation is 1. The van der Waals surface area contributed by atoms with Crippen LogP contribution in [-0.2, 0) is 9.59 Å². The Morgan fingerprint density at radius 1 is 1.22 bits per heavy atom. The summed E-state index contributed by atoms with van der Waals surface area (Å²) in [6.07, 6.45) is 5.46. The number of hydrogen-bond acceptors (Lipinski definition) is 4. The first-order valence-corrected chi connectivity index (χ1v) is 9.03. The van der Waals surface area contributed by atoms with Crippen LogP contribution in [0.3, 0.4) is 0 Å². The van der Waals surface area contributed by atoms with Gasteiger partial charge in [0.1, 0.15) is 5.82 Å². The minimum absolute atomic E-state index is 0.267. The first-order valence-electron chi connectivity index (χ1n) is 9.03. The summed E-state index contributed by atoms with van der Waals surface area (Å²) in [5, 5.41) is 5.10. The highest BCUT2D eigenvalue weighted by Crippen LogP contribution is 2.22. The monoisotopic (exact) mass is 370 g/mol. The van der Waals surface area contributed by atoms with Crippen molar-refractivity contribution in [2.45, 2.75) is 19.8 Å². The number of carbonyl (C=O) groups is 2. The summed E-state index contributed by atoms with van der Waals surface area (Å²) in [5.41, 5.74) is 1.85. The molecule has 6 nitrogen and oxygen atoms in total. The summed E-state index contributed by atoms with van der Waals surface area (Å²) in [6, 6.07) is 8.28. The van der Waals surface area contributed by atoms with Crippen molar-refractivity contribution in [1.29, 1.82) is 0 Å².